The van der Waals surface area contributed by atoms with E-state index in [9.17, 15) is 9.59 Å². The van der Waals surface area contributed by atoms with Crippen molar-refractivity contribution in [1.29, 1.82) is 0 Å². The van der Waals surface area contributed by atoms with Gasteiger partial charge in [-0.1, -0.05) is 283 Å². The topological polar surface area (TPSA) is 89.5 Å². The number of hydrogen-bond acceptors (Lipinski definition) is 10. The average Bonchev–Trinajstić information content (AvgIpc) is 3.69. The summed E-state index contributed by atoms with van der Waals surface area (Å²) in [6, 6.07) is 0. The summed E-state index contributed by atoms with van der Waals surface area (Å²) in [5.41, 5.74) is 0.327. The second kappa shape index (κ2) is 58.7. The molecule has 2 unspecified atom stereocenters. The molecule has 0 amide bonds. The number of carbonyl (C=O) groups is 2. The van der Waals surface area contributed by atoms with Crippen LogP contribution in [0, 0.1) is 17.3 Å². The molecule has 0 aromatic rings. The van der Waals surface area contributed by atoms with Crippen LogP contribution in [0.3, 0.4) is 0 Å². The highest BCUT2D eigenvalue weighted by atomic mass is 32.7. The van der Waals surface area contributed by atoms with E-state index in [2.05, 4.69) is 41.5 Å². The summed E-state index contributed by atoms with van der Waals surface area (Å²) in [4.78, 5) is 24.4. The molecule has 8 nitrogen and oxygen atoms in total. The summed E-state index contributed by atoms with van der Waals surface area (Å²) in [6.45, 7) is 17.2. The molecule has 2 saturated carbocycles. The van der Waals surface area contributed by atoms with Gasteiger partial charge in [0.15, 0.2) is 0 Å². The van der Waals surface area contributed by atoms with E-state index < -0.39 is 15.2 Å². The van der Waals surface area contributed by atoms with Gasteiger partial charge in [-0.2, -0.15) is 0 Å². The molecule has 12 heteroatoms. The molecule has 2 atom stereocenters. The van der Waals surface area contributed by atoms with Gasteiger partial charge in [0.2, 0.25) is 15.2 Å². The van der Waals surface area contributed by atoms with E-state index in [4.69, 9.17) is 27.6 Å². The highest BCUT2D eigenvalue weighted by Crippen LogP contribution is 2.58. The van der Waals surface area contributed by atoms with E-state index >= 15 is 0 Å². The average molecular weight is 1250 g/mol. The zero-order valence-electron chi connectivity index (χ0n) is 55.8. The van der Waals surface area contributed by atoms with Gasteiger partial charge < -0.3 is 27.6 Å². The van der Waals surface area contributed by atoms with Crippen molar-refractivity contribution in [3.63, 3.8) is 0 Å². The molecule has 0 aromatic heterocycles. The van der Waals surface area contributed by atoms with Crippen LogP contribution in [-0.2, 0) is 37.2 Å². The van der Waals surface area contributed by atoms with Gasteiger partial charge in [0.05, 0.1) is 38.6 Å². The molecule has 0 aliphatic heterocycles. The van der Waals surface area contributed by atoms with Crippen molar-refractivity contribution < 1.29 is 37.2 Å². The first-order valence-corrected chi connectivity index (χ1v) is 42.0. The van der Waals surface area contributed by atoms with E-state index in [1.54, 1.807) is 0 Å². The zero-order valence-corrected chi connectivity index (χ0v) is 59.2. The van der Waals surface area contributed by atoms with Crippen LogP contribution >= 0.6 is 37.9 Å². The lowest BCUT2D eigenvalue weighted by Gasteiger charge is -2.46. The normalized spacial score (nSPS) is 18.4. The van der Waals surface area contributed by atoms with Crippen LogP contribution in [0.1, 0.15) is 375 Å². The third-order valence-corrected chi connectivity index (χ3v) is 24.9. The van der Waals surface area contributed by atoms with Crippen LogP contribution in [0.25, 0.3) is 0 Å². The molecular formula is C71H138O8P2S2. The summed E-state index contributed by atoms with van der Waals surface area (Å²) in [6.07, 6.45) is 63.9. The number of hydrogen-bond donors (Lipinski definition) is 0. The molecule has 2 aliphatic rings. The second-order valence-electron chi connectivity index (χ2n) is 26.1. The van der Waals surface area contributed by atoms with Gasteiger partial charge in [0.25, 0.3) is 0 Å². The summed E-state index contributed by atoms with van der Waals surface area (Å²) in [5, 5.41) is 0. The SMILES string of the molecule is CCCCCCCCCOC(=O)CCCCCCCCCSP(OCCCCCCCCC)OC1CCC(C(C)(C)C2CCC(OP(OCCCCCCCCC)SCCCCCCCCCC(=O)OCCCCCCCCC)CC2)CC1. The van der Waals surface area contributed by atoms with Gasteiger partial charge in [-0.15, -0.1) is 0 Å². The van der Waals surface area contributed by atoms with E-state index in [1.165, 1.54) is 270 Å². The molecule has 83 heavy (non-hydrogen) atoms. The number of ether oxygens (including phenoxy) is 2. The molecule has 2 aliphatic carbocycles. The summed E-state index contributed by atoms with van der Waals surface area (Å²) in [7, 11) is -1.84. The molecule has 2 rings (SSSR count). The molecule has 0 aromatic carbocycles. The van der Waals surface area contributed by atoms with E-state index in [0.717, 1.165) is 87.9 Å². The maximum Gasteiger partial charge on any atom is 0.305 e. The Labute approximate surface area is 526 Å². The fourth-order valence-corrected chi connectivity index (χ4v) is 18.9. The van der Waals surface area contributed by atoms with E-state index in [1.807, 2.05) is 22.8 Å². The number of carbonyl (C=O) groups excluding carboxylic acids is 2. The lowest BCUT2D eigenvalue weighted by molar-refractivity contribution is -0.144. The first kappa shape index (κ1) is 79.4. The van der Waals surface area contributed by atoms with Crippen molar-refractivity contribution in [3.8, 4) is 0 Å². The van der Waals surface area contributed by atoms with Crippen molar-refractivity contribution in [2.24, 2.45) is 17.3 Å². The van der Waals surface area contributed by atoms with Gasteiger partial charge in [-0.05, 0) is 120 Å². The molecule has 492 valence electrons. The first-order chi connectivity index (χ1) is 40.7. The first-order valence-electron chi connectivity index (χ1n) is 36.5. The van der Waals surface area contributed by atoms with Crippen LogP contribution in [0.2, 0.25) is 0 Å². The smallest absolute Gasteiger partial charge is 0.305 e. The predicted molar refractivity (Wildman–Crippen MR) is 366 cm³/mol. The van der Waals surface area contributed by atoms with Crippen LogP contribution in [0.5, 0.6) is 0 Å². The van der Waals surface area contributed by atoms with Gasteiger partial charge in [0.1, 0.15) is 0 Å². The number of rotatable bonds is 62. The van der Waals surface area contributed by atoms with Crippen molar-refractivity contribution in [1.82, 2.24) is 0 Å². The Hall–Kier alpha value is 0.340. The minimum atomic E-state index is -0.919. The Morgan fingerprint density at radius 3 is 0.892 bits per heavy atom. The predicted octanol–water partition coefficient (Wildman–Crippen LogP) is 25.4. The summed E-state index contributed by atoms with van der Waals surface area (Å²) in [5.74, 6) is 3.74. The monoisotopic (exact) mass is 1240 g/mol. The van der Waals surface area contributed by atoms with Crippen molar-refractivity contribution in [3.05, 3.63) is 0 Å². The highest BCUT2D eigenvalue weighted by molar-refractivity contribution is 8.53. The van der Waals surface area contributed by atoms with E-state index in [0.29, 0.717) is 43.7 Å². The van der Waals surface area contributed by atoms with Crippen molar-refractivity contribution >= 4 is 49.9 Å². The lowest BCUT2D eigenvalue weighted by atomic mass is 9.60. The van der Waals surface area contributed by atoms with E-state index in [-0.39, 0.29) is 11.9 Å². The minimum Gasteiger partial charge on any atom is -0.466 e. The maximum absolute atomic E-state index is 12.2. The van der Waals surface area contributed by atoms with Gasteiger partial charge >= 0.3 is 11.9 Å². The maximum atomic E-state index is 12.2. The number of esters is 2. The highest BCUT2D eigenvalue weighted by Gasteiger charge is 2.41. The molecule has 0 bridgehead atoms. The Morgan fingerprint density at radius 1 is 0.337 bits per heavy atom. The number of unbranched alkanes of at least 4 members (excludes halogenated alkanes) is 36. The standard InChI is InChI=1S/C71H138O8P2S2/c1-7-11-15-19-27-35-43-59-74-69(72)49-41-33-25-23-31-39-47-63-82-80(76-61-45-37-29-21-17-13-9-3)78-67-55-51-65(52-56-67)71(5,6)66-53-57-68(58-54-66)79-81(77-62-46-38-30-22-18-14-10-4)83-64-48-40-32-24-26-34-42-50-70(73)75-60-44-36-28-20-16-12-8-2/h65-68H,7-64H2,1-6H3. The van der Waals surface area contributed by atoms with Crippen LogP contribution in [0.15, 0.2) is 0 Å². The molecule has 0 saturated heterocycles. The fourth-order valence-electron chi connectivity index (χ4n) is 12.4. The third kappa shape index (κ3) is 47.0. The fraction of sp³-hybridized carbons (Fsp3) is 0.972. The molecule has 0 heterocycles. The Balaban J connectivity index is 1.71. The molecular weight excluding hydrogens is 1110 g/mol. The van der Waals surface area contributed by atoms with Crippen LogP contribution < -0.4 is 0 Å². The molecule has 2 fully saturated rings. The van der Waals surface area contributed by atoms with Crippen molar-refractivity contribution in [2.45, 2.75) is 388 Å². The Morgan fingerprint density at radius 2 is 0.590 bits per heavy atom. The Bertz CT molecular complexity index is 1300. The van der Waals surface area contributed by atoms with Crippen molar-refractivity contribution in [2.75, 3.05) is 37.9 Å². The zero-order chi connectivity index (χ0) is 59.8. The second-order valence-corrected chi connectivity index (χ2v) is 32.6. The van der Waals surface area contributed by atoms with Gasteiger partial charge in [-0.3, -0.25) is 9.59 Å². The summed E-state index contributed by atoms with van der Waals surface area (Å²) >= 11 is 3.94. The lowest BCUT2D eigenvalue weighted by Crippen LogP contribution is -2.38. The molecule has 0 N–H and O–H groups in total. The quantitative estimate of drug-likeness (QED) is 0.0333. The van der Waals surface area contributed by atoms with Gasteiger partial charge in [0, 0.05) is 24.3 Å². The summed E-state index contributed by atoms with van der Waals surface area (Å²) < 4.78 is 38.1. The van der Waals surface area contributed by atoms with Gasteiger partial charge in [-0.25, -0.2) is 0 Å². The van der Waals surface area contributed by atoms with Crippen LogP contribution in [-0.4, -0.2) is 62.1 Å². The molecule has 0 radical (unpaired) electrons. The Kier molecular flexibility index (Phi) is 56.2. The molecule has 0 spiro atoms. The minimum absolute atomic E-state index is 0.000479. The largest absolute Gasteiger partial charge is 0.466 e. The third-order valence-electron chi connectivity index (χ3n) is 18.3. The van der Waals surface area contributed by atoms with Crippen LogP contribution in [0.4, 0.5) is 0 Å².